The van der Waals surface area contributed by atoms with Crippen LogP contribution in [0.25, 0.3) is 0 Å². The monoisotopic (exact) mass is 682 g/mol. The molecule has 0 saturated heterocycles. The Balaban J connectivity index is 4.26. The molecule has 0 aliphatic rings. The minimum atomic E-state index is -1.13. The van der Waals surface area contributed by atoms with Crippen LogP contribution in [-0.2, 0) is 28.6 Å². The highest BCUT2D eigenvalue weighted by Crippen LogP contribution is 2.13. The molecule has 0 N–H and O–H groups in total. The van der Waals surface area contributed by atoms with E-state index < -0.39 is 18.1 Å². The number of carboxylic acids is 1. The Hall–Kier alpha value is -1.93. The predicted molar refractivity (Wildman–Crippen MR) is 194 cm³/mol. The fourth-order valence-electron chi connectivity index (χ4n) is 5.77. The summed E-state index contributed by atoms with van der Waals surface area (Å²) < 4.78 is 17.0. The van der Waals surface area contributed by atoms with Gasteiger partial charge in [-0.05, 0) is 38.5 Å². The van der Waals surface area contributed by atoms with E-state index in [0.29, 0.717) is 12.8 Å². The van der Waals surface area contributed by atoms with E-state index in [1.54, 1.807) is 21.1 Å². The van der Waals surface area contributed by atoms with Gasteiger partial charge in [0.1, 0.15) is 12.6 Å². The second kappa shape index (κ2) is 32.3. The van der Waals surface area contributed by atoms with Crippen LogP contribution in [-0.4, -0.2) is 75.5 Å². The van der Waals surface area contributed by atoms with Crippen LogP contribution in [0.2, 0.25) is 0 Å². The fourth-order valence-corrected chi connectivity index (χ4v) is 5.77. The van der Waals surface area contributed by atoms with Crippen molar-refractivity contribution in [2.45, 2.75) is 187 Å². The standard InChI is InChI=1S/C40H75NO7/c1-6-8-10-12-14-15-16-17-18-19-20-21-22-23-25-26-28-30-38(42)47-35-36(34-46-33-32-37(40(44)45)41(3,4)5)48-39(43)31-29-27-24-13-11-9-7-2/h17-18,36-37H,6-16,19-35H2,1-5H3/b18-17+. The van der Waals surface area contributed by atoms with E-state index in [2.05, 4.69) is 26.0 Å². The maximum Gasteiger partial charge on any atom is 0.306 e. The average molecular weight is 682 g/mol. The quantitative estimate of drug-likeness (QED) is 0.0286. The molecule has 0 bridgehead atoms. The highest BCUT2D eigenvalue weighted by Gasteiger charge is 2.25. The highest BCUT2D eigenvalue weighted by atomic mass is 16.6. The molecule has 0 aromatic carbocycles. The molecule has 0 aliphatic heterocycles. The van der Waals surface area contributed by atoms with Crippen LogP contribution in [0.5, 0.6) is 0 Å². The zero-order valence-corrected chi connectivity index (χ0v) is 31.9. The van der Waals surface area contributed by atoms with Crippen molar-refractivity contribution in [1.82, 2.24) is 0 Å². The Morgan fingerprint density at radius 2 is 1.04 bits per heavy atom. The van der Waals surface area contributed by atoms with Crippen LogP contribution in [0.4, 0.5) is 0 Å². The summed E-state index contributed by atoms with van der Waals surface area (Å²) in [5, 5.41) is 11.5. The van der Waals surface area contributed by atoms with Gasteiger partial charge >= 0.3 is 11.9 Å². The van der Waals surface area contributed by atoms with Crippen LogP contribution in [0.3, 0.4) is 0 Å². The smallest absolute Gasteiger partial charge is 0.306 e. The number of esters is 2. The van der Waals surface area contributed by atoms with Crippen LogP contribution in [0, 0.1) is 0 Å². The summed E-state index contributed by atoms with van der Waals surface area (Å²) in [5.41, 5.74) is 0. The van der Waals surface area contributed by atoms with Crippen LogP contribution in [0.1, 0.15) is 174 Å². The summed E-state index contributed by atoms with van der Waals surface area (Å²) in [6.07, 6.45) is 31.0. The van der Waals surface area contributed by atoms with Gasteiger partial charge < -0.3 is 28.6 Å². The van der Waals surface area contributed by atoms with Crippen molar-refractivity contribution < 1.29 is 38.2 Å². The molecule has 282 valence electrons. The molecule has 0 spiro atoms. The van der Waals surface area contributed by atoms with Crippen molar-refractivity contribution in [3.05, 3.63) is 12.2 Å². The van der Waals surface area contributed by atoms with Gasteiger partial charge in [-0.1, -0.05) is 129 Å². The summed E-state index contributed by atoms with van der Waals surface area (Å²) >= 11 is 0. The minimum absolute atomic E-state index is 0.0435. The van der Waals surface area contributed by atoms with Crippen molar-refractivity contribution >= 4 is 17.9 Å². The number of nitrogens with zero attached hydrogens (tertiary/aromatic N) is 1. The first-order chi connectivity index (χ1) is 23.1. The van der Waals surface area contributed by atoms with E-state index in [4.69, 9.17) is 14.2 Å². The largest absolute Gasteiger partial charge is 0.544 e. The molecule has 2 unspecified atom stereocenters. The summed E-state index contributed by atoms with van der Waals surface area (Å²) in [7, 11) is 5.39. The van der Waals surface area contributed by atoms with Crippen molar-refractivity contribution in [1.29, 1.82) is 0 Å². The van der Waals surface area contributed by atoms with Crippen LogP contribution in [0.15, 0.2) is 12.2 Å². The van der Waals surface area contributed by atoms with Crippen molar-refractivity contribution in [2.75, 3.05) is 41.0 Å². The molecule has 0 aromatic rings. The lowest BCUT2D eigenvalue weighted by molar-refractivity contribution is -0.889. The number of carbonyl (C=O) groups excluding carboxylic acids is 3. The maximum absolute atomic E-state index is 12.5. The second-order valence-electron chi connectivity index (χ2n) is 14.5. The molecule has 0 amide bonds. The lowest BCUT2D eigenvalue weighted by Crippen LogP contribution is -2.55. The number of allylic oxidation sites excluding steroid dienone is 2. The first kappa shape index (κ1) is 46.1. The topological polar surface area (TPSA) is 102 Å². The number of hydrogen-bond donors (Lipinski definition) is 0. The first-order valence-electron chi connectivity index (χ1n) is 19.7. The van der Waals surface area contributed by atoms with Crippen molar-refractivity contribution in [3.63, 3.8) is 0 Å². The van der Waals surface area contributed by atoms with Gasteiger partial charge in [-0.25, -0.2) is 0 Å². The molecule has 8 nitrogen and oxygen atoms in total. The van der Waals surface area contributed by atoms with Crippen molar-refractivity contribution in [3.8, 4) is 0 Å². The molecule has 0 saturated carbocycles. The average Bonchev–Trinajstić information content (AvgIpc) is 3.03. The molecular weight excluding hydrogens is 606 g/mol. The third-order valence-corrected chi connectivity index (χ3v) is 8.90. The third-order valence-electron chi connectivity index (χ3n) is 8.90. The van der Waals surface area contributed by atoms with Gasteiger partial charge in [0, 0.05) is 19.3 Å². The van der Waals surface area contributed by atoms with E-state index in [1.807, 2.05) is 0 Å². The fraction of sp³-hybridized carbons (Fsp3) is 0.875. The SMILES string of the molecule is CCCCCCCC/C=C/CCCCCCCCCC(=O)OCC(COCCC(C(=O)[O-])[N+](C)(C)C)OC(=O)CCCCCCCCC. The van der Waals surface area contributed by atoms with E-state index >= 15 is 0 Å². The van der Waals surface area contributed by atoms with Gasteiger partial charge in [-0.3, -0.25) is 9.59 Å². The zero-order chi connectivity index (χ0) is 35.7. The Morgan fingerprint density at radius 1 is 0.604 bits per heavy atom. The van der Waals surface area contributed by atoms with Gasteiger partial charge in [-0.2, -0.15) is 0 Å². The number of rotatable bonds is 35. The summed E-state index contributed by atoms with van der Waals surface area (Å²) in [6, 6.07) is -0.720. The van der Waals surface area contributed by atoms with Gasteiger partial charge in [0.2, 0.25) is 0 Å². The van der Waals surface area contributed by atoms with Crippen molar-refractivity contribution in [2.24, 2.45) is 0 Å². The minimum Gasteiger partial charge on any atom is -0.544 e. The molecule has 0 heterocycles. The van der Waals surface area contributed by atoms with E-state index in [1.165, 1.54) is 103 Å². The number of likely N-dealkylation sites (N-methyl/N-ethyl adjacent to an activating group) is 1. The third kappa shape index (κ3) is 30.2. The number of unbranched alkanes of at least 4 members (excludes halogenated alkanes) is 19. The van der Waals surface area contributed by atoms with E-state index in [-0.39, 0.29) is 42.7 Å². The molecule has 0 rings (SSSR count). The molecule has 48 heavy (non-hydrogen) atoms. The van der Waals surface area contributed by atoms with E-state index in [9.17, 15) is 19.5 Å². The molecule has 0 radical (unpaired) electrons. The van der Waals surface area contributed by atoms with Crippen LogP contribution >= 0.6 is 0 Å². The highest BCUT2D eigenvalue weighted by molar-refractivity contribution is 5.70. The number of carbonyl (C=O) groups is 3. The summed E-state index contributed by atoms with van der Waals surface area (Å²) in [5.74, 6) is -1.74. The summed E-state index contributed by atoms with van der Waals surface area (Å²) in [4.78, 5) is 36.5. The molecule has 2 atom stereocenters. The molecule has 0 aliphatic carbocycles. The lowest BCUT2D eigenvalue weighted by atomic mass is 10.1. The Morgan fingerprint density at radius 3 is 1.50 bits per heavy atom. The Kier molecular flexibility index (Phi) is 31.0. The predicted octanol–water partition coefficient (Wildman–Crippen LogP) is 8.63. The van der Waals surface area contributed by atoms with Gasteiger partial charge in [0.15, 0.2) is 6.10 Å². The first-order valence-corrected chi connectivity index (χ1v) is 19.7. The van der Waals surface area contributed by atoms with Gasteiger partial charge in [0.05, 0.1) is 40.3 Å². The molecular formula is C40H75NO7. The Bertz CT molecular complexity index is 808. The normalized spacial score (nSPS) is 13.1. The zero-order valence-electron chi connectivity index (χ0n) is 31.9. The number of ether oxygens (including phenoxy) is 3. The number of quaternary nitrogens is 1. The number of carboxylic acid groups (broad SMARTS) is 1. The lowest BCUT2D eigenvalue weighted by Gasteiger charge is -2.34. The maximum atomic E-state index is 12.5. The second-order valence-corrected chi connectivity index (χ2v) is 14.5. The van der Waals surface area contributed by atoms with Gasteiger partial charge in [-0.15, -0.1) is 0 Å². The van der Waals surface area contributed by atoms with E-state index in [0.717, 1.165) is 38.5 Å². The number of aliphatic carboxylic acids is 1. The Labute approximate surface area is 295 Å². The molecule has 0 fully saturated rings. The van der Waals surface area contributed by atoms with Gasteiger partial charge in [0.25, 0.3) is 0 Å². The molecule has 0 aromatic heterocycles. The summed E-state index contributed by atoms with van der Waals surface area (Å²) in [6.45, 7) is 4.61. The number of hydrogen-bond acceptors (Lipinski definition) is 7. The molecule has 8 heteroatoms. The van der Waals surface area contributed by atoms with Crippen LogP contribution < -0.4 is 5.11 Å².